The number of amides is 1. The molecule has 0 bridgehead atoms. The van der Waals surface area contributed by atoms with Crippen LogP contribution in [0, 0.1) is 17.0 Å². The van der Waals surface area contributed by atoms with E-state index in [-0.39, 0.29) is 19.4 Å². The Labute approximate surface area is 247 Å². The van der Waals surface area contributed by atoms with Gasteiger partial charge in [-0.25, -0.2) is 13.8 Å². The molecule has 2 aromatic carbocycles. The Morgan fingerprint density at radius 1 is 1.07 bits per heavy atom. The maximum atomic E-state index is 14.0. The lowest BCUT2D eigenvalue weighted by molar-refractivity contribution is -0.170. The highest BCUT2D eigenvalue weighted by Gasteiger charge is 2.52. The molecule has 2 aliphatic rings. The highest BCUT2D eigenvalue weighted by atomic mass is 32.1. The number of carbonyl (C=O) groups is 2. The van der Waals surface area contributed by atoms with Crippen LogP contribution in [0.2, 0.25) is 0 Å². The Bertz CT molecular complexity index is 1450. The Morgan fingerprint density at radius 2 is 1.74 bits per heavy atom. The number of hydrogen-bond acceptors (Lipinski definition) is 9. The monoisotopic (exact) mass is 603 g/mol. The minimum absolute atomic E-state index is 0.0529. The summed E-state index contributed by atoms with van der Waals surface area (Å²) in [4.78, 5) is 34.0. The molecule has 0 unspecified atom stereocenters. The third-order valence-electron chi connectivity index (χ3n) is 7.34. The predicted molar refractivity (Wildman–Crippen MR) is 153 cm³/mol. The molecule has 1 amide bonds. The molecular formula is C30H35F2N3O6S. The number of nitrogens with one attached hydrogen (secondary N) is 1. The van der Waals surface area contributed by atoms with E-state index >= 15 is 0 Å². The van der Waals surface area contributed by atoms with Crippen molar-refractivity contribution in [2.75, 3.05) is 46.6 Å². The molecule has 12 heteroatoms. The van der Waals surface area contributed by atoms with Crippen molar-refractivity contribution in [2.45, 2.75) is 45.8 Å². The zero-order valence-electron chi connectivity index (χ0n) is 24.2. The van der Waals surface area contributed by atoms with Crippen molar-refractivity contribution in [3.05, 3.63) is 52.0 Å². The summed E-state index contributed by atoms with van der Waals surface area (Å²) >= 11 is 1.38. The number of rotatable bonds is 9. The SMILES string of the molecule is COc1cc2sc(CNC(=O)C3(C(=O)OC(C)(C)C)Cc4cc(F)c(F)cc4C3)nc2cc1OCCN1CCOCC1. The molecule has 226 valence electrons. The number of methoxy groups -OCH3 is 1. The van der Waals surface area contributed by atoms with Gasteiger partial charge in [-0.1, -0.05) is 0 Å². The van der Waals surface area contributed by atoms with Crippen LogP contribution in [0.5, 0.6) is 11.5 Å². The number of esters is 1. The highest BCUT2D eigenvalue weighted by molar-refractivity contribution is 7.18. The minimum Gasteiger partial charge on any atom is -0.493 e. The lowest BCUT2D eigenvalue weighted by atomic mass is 9.83. The number of aromatic nitrogens is 1. The molecule has 9 nitrogen and oxygen atoms in total. The van der Waals surface area contributed by atoms with E-state index < -0.39 is 34.5 Å². The number of ether oxygens (including phenoxy) is 4. The average Bonchev–Trinajstić information content (AvgIpc) is 3.52. The van der Waals surface area contributed by atoms with E-state index in [2.05, 4.69) is 15.2 Å². The number of benzene rings is 2. The van der Waals surface area contributed by atoms with Gasteiger partial charge in [0.1, 0.15) is 17.2 Å². The zero-order valence-corrected chi connectivity index (χ0v) is 25.0. The Morgan fingerprint density at radius 3 is 2.36 bits per heavy atom. The number of hydrogen-bond donors (Lipinski definition) is 1. The molecule has 1 aliphatic heterocycles. The molecule has 1 fully saturated rings. The first-order chi connectivity index (χ1) is 20.0. The molecule has 0 atom stereocenters. The second-order valence-corrected chi connectivity index (χ2v) is 12.7. The molecule has 5 rings (SSSR count). The van der Waals surface area contributed by atoms with E-state index in [4.69, 9.17) is 18.9 Å². The summed E-state index contributed by atoms with van der Waals surface area (Å²) in [6, 6.07) is 5.76. The summed E-state index contributed by atoms with van der Waals surface area (Å²) in [5.74, 6) is -2.22. The second-order valence-electron chi connectivity index (χ2n) is 11.5. The van der Waals surface area contributed by atoms with Gasteiger partial charge in [-0.15, -0.1) is 11.3 Å². The first-order valence-electron chi connectivity index (χ1n) is 13.9. The van der Waals surface area contributed by atoms with Gasteiger partial charge in [-0.3, -0.25) is 14.5 Å². The molecule has 42 heavy (non-hydrogen) atoms. The summed E-state index contributed by atoms with van der Waals surface area (Å²) < 4.78 is 51.4. The van der Waals surface area contributed by atoms with Gasteiger partial charge in [0.25, 0.3) is 0 Å². The molecule has 3 aromatic rings. The summed E-state index contributed by atoms with van der Waals surface area (Å²) in [5.41, 5.74) is -1.01. The van der Waals surface area contributed by atoms with Crippen LogP contribution < -0.4 is 14.8 Å². The van der Waals surface area contributed by atoms with Gasteiger partial charge in [0.2, 0.25) is 5.91 Å². The van der Waals surface area contributed by atoms with Crippen molar-refractivity contribution in [1.29, 1.82) is 0 Å². The predicted octanol–water partition coefficient (Wildman–Crippen LogP) is 4.04. The lowest BCUT2D eigenvalue weighted by Gasteiger charge is -2.30. The normalized spacial score (nSPS) is 16.7. The van der Waals surface area contributed by atoms with E-state index in [0.29, 0.717) is 39.8 Å². The number of thiazole rings is 1. The fraction of sp³-hybridized carbons (Fsp3) is 0.500. The fourth-order valence-electron chi connectivity index (χ4n) is 5.21. The van der Waals surface area contributed by atoms with Gasteiger partial charge in [0.15, 0.2) is 28.5 Å². The van der Waals surface area contributed by atoms with E-state index in [1.165, 1.54) is 11.3 Å². The van der Waals surface area contributed by atoms with Crippen molar-refractivity contribution in [2.24, 2.45) is 5.41 Å². The maximum Gasteiger partial charge on any atom is 0.322 e. The summed E-state index contributed by atoms with van der Waals surface area (Å²) in [7, 11) is 1.58. The molecule has 1 saturated heterocycles. The number of nitrogens with zero attached hydrogens (tertiary/aromatic N) is 2. The van der Waals surface area contributed by atoms with Crippen LogP contribution >= 0.6 is 11.3 Å². The Kier molecular flexibility index (Phi) is 8.68. The van der Waals surface area contributed by atoms with Gasteiger partial charge in [-0.2, -0.15) is 0 Å². The van der Waals surface area contributed by atoms with Crippen molar-refractivity contribution >= 4 is 33.4 Å². The smallest absolute Gasteiger partial charge is 0.322 e. The molecule has 1 aromatic heterocycles. The molecule has 0 spiro atoms. The highest BCUT2D eigenvalue weighted by Crippen LogP contribution is 2.41. The van der Waals surface area contributed by atoms with Crippen LogP contribution in [0.1, 0.15) is 36.9 Å². The molecule has 0 saturated carbocycles. The van der Waals surface area contributed by atoms with Crippen LogP contribution in [0.15, 0.2) is 24.3 Å². The lowest BCUT2D eigenvalue weighted by Crippen LogP contribution is -2.49. The molecule has 0 radical (unpaired) electrons. The molecule has 1 aliphatic carbocycles. The topological polar surface area (TPSA) is 99.2 Å². The van der Waals surface area contributed by atoms with E-state index in [9.17, 15) is 18.4 Å². The summed E-state index contributed by atoms with van der Waals surface area (Å²) in [5, 5.41) is 3.44. The first-order valence-corrected chi connectivity index (χ1v) is 14.7. The third kappa shape index (κ3) is 6.50. The average molecular weight is 604 g/mol. The van der Waals surface area contributed by atoms with Gasteiger partial charge >= 0.3 is 5.97 Å². The number of carbonyl (C=O) groups excluding carboxylic acids is 2. The number of fused-ring (bicyclic) bond motifs is 2. The van der Waals surface area contributed by atoms with E-state index in [1.54, 1.807) is 27.9 Å². The number of morpholine rings is 1. The fourth-order valence-corrected chi connectivity index (χ4v) is 6.13. The van der Waals surface area contributed by atoms with Crippen LogP contribution in [0.4, 0.5) is 8.78 Å². The summed E-state index contributed by atoms with van der Waals surface area (Å²) in [6.07, 6.45) is -0.190. The van der Waals surface area contributed by atoms with Crippen molar-refractivity contribution in [3.8, 4) is 11.5 Å². The molecule has 2 heterocycles. The second kappa shape index (κ2) is 12.1. The van der Waals surface area contributed by atoms with Gasteiger partial charge in [0, 0.05) is 31.8 Å². The van der Waals surface area contributed by atoms with Gasteiger partial charge in [-0.05, 0) is 56.9 Å². The number of halogens is 2. The maximum absolute atomic E-state index is 14.0. The van der Waals surface area contributed by atoms with Crippen LogP contribution in [0.25, 0.3) is 10.2 Å². The van der Waals surface area contributed by atoms with Crippen LogP contribution in [-0.2, 0) is 38.4 Å². The van der Waals surface area contributed by atoms with Crippen LogP contribution in [0.3, 0.4) is 0 Å². The standard InChI is InChI=1S/C30H35F2N3O6S/c1-29(2,3)41-28(37)30(15-18-11-20(31)21(32)12-19(18)16-30)27(36)33-17-26-34-22-13-24(23(38-4)14-25(22)42-26)40-10-7-35-5-8-39-9-6-35/h11-14H,5-10,15-17H2,1-4H3,(H,33,36). The quantitative estimate of drug-likeness (QED) is 0.289. The van der Waals surface area contributed by atoms with Gasteiger partial charge in [0.05, 0.1) is 37.1 Å². The Balaban J connectivity index is 1.31. The third-order valence-corrected chi connectivity index (χ3v) is 8.36. The Hall–Kier alpha value is -3.35. The largest absolute Gasteiger partial charge is 0.493 e. The summed E-state index contributed by atoms with van der Waals surface area (Å²) in [6.45, 7) is 9.59. The van der Waals surface area contributed by atoms with Crippen LogP contribution in [-0.4, -0.2) is 73.9 Å². The van der Waals surface area contributed by atoms with Crippen molar-refractivity contribution < 1.29 is 37.3 Å². The first kappa shape index (κ1) is 30.1. The minimum atomic E-state index is -1.66. The molecular weight excluding hydrogens is 568 g/mol. The van der Waals surface area contributed by atoms with Crippen molar-refractivity contribution in [3.63, 3.8) is 0 Å². The molecule has 1 N–H and O–H groups in total. The van der Waals surface area contributed by atoms with Crippen molar-refractivity contribution in [1.82, 2.24) is 15.2 Å². The van der Waals surface area contributed by atoms with E-state index in [1.807, 2.05) is 12.1 Å². The zero-order chi connectivity index (χ0) is 30.1. The van der Waals surface area contributed by atoms with Gasteiger partial charge < -0.3 is 24.3 Å². The van der Waals surface area contributed by atoms with E-state index in [0.717, 1.165) is 49.7 Å².